The summed E-state index contributed by atoms with van der Waals surface area (Å²) in [5, 5.41) is 0. The molecule has 0 saturated carbocycles. The van der Waals surface area contributed by atoms with E-state index in [1.165, 1.54) is 6.07 Å². The fourth-order valence-corrected chi connectivity index (χ4v) is 1.20. The molecule has 0 saturated heterocycles. The van der Waals surface area contributed by atoms with Crippen LogP contribution in [0, 0.1) is 13.8 Å². The Bertz CT molecular complexity index is 363. The lowest BCUT2D eigenvalue weighted by atomic mass is 10.1. The highest BCUT2D eigenvalue weighted by Gasteiger charge is 2.41. The summed E-state index contributed by atoms with van der Waals surface area (Å²) in [4.78, 5) is 0. The first-order valence-electron chi connectivity index (χ1n) is 4.69. The van der Waals surface area contributed by atoms with Gasteiger partial charge in [0, 0.05) is 0 Å². The zero-order valence-corrected chi connectivity index (χ0v) is 8.94. The van der Waals surface area contributed by atoms with E-state index in [0.29, 0.717) is 5.56 Å². The lowest BCUT2D eigenvalue weighted by Crippen LogP contribution is -2.33. The molecule has 0 aliphatic heterocycles. The van der Waals surface area contributed by atoms with Crippen LogP contribution in [-0.2, 0) is 0 Å². The average Bonchev–Trinajstić information content (AvgIpc) is 2.16. The van der Waals surface area contributed by atoms with Crippen LogP contribution in [0.3, 0.4) is 0 Å². The molecule has 5 heteroatoms. The van der Waals surface area contributed by atoms with Crippen LogP contribution in [0.2, 0.25) is 0 Å². The zero-order valence-electron chi connectivity index (χ0n) is 8.94. The van der Waals surface area contributed by atoms with Crippen molar-refractivity contribution in [3.63, 3.8) is 0 Å². The smallest absolute Gasteiger partial charge is 0.340 e. The molecule has 0 spiro atoms. The van der Waals surface area contributed by atoms with Gasteiger partial charge in [0.1, 0.15) is 5.75 Å². The van der Waals surface area contributed by atoms with Crippen molar-refractivity contribution >= 4 is 0 Å². The van der Waals surface area contributed by atoms with Gasteiger partial charge in [0.25, 0.3) is 0 Å². The molecule has 0 amide bonds. The van der Waals surface area contributed by atoms with Crippen molar-refractivity contribution in [3.8, 4) is 5.75 Å². The molecule has 0 radical (unpaired) electrons. The van der Waals surface area contributed by atoms with Gasteiger partial charge < -0.3 is 4.74 Å². The van der Waals surface area contributed by atoms with Crippen LogP contribution in [0.5, 0.6) is 5.75 Å². The van der Waals surface area contributed by atoms with Crippen molar-refractivity contribution in [1.29, 1.82) is 0 Å². The van der Waals surface area contributed by atoms with Gasteiger partial charge in [-0.1, -0.05) is 17.7 Å². The van der Waals surface area contributed by atoms with Gasteiger partial charge in [0.15, 0.2) is 6.61 Å². The Balaban J connectivity index is 2.68. The minimum atomic E-state index is -4.11. The first-order valence-corrected chi connectivity index (χ1v) is 4.69. The molecular formula is C11H12F4O. The Hall–Kier alpha value is -1.26. The predicted molar refractivity (Wildman–Crippen MR) is 52.4 cm³/mol. The summed E-state index contributed by atoms with van der Waals surface area (Å²) in [6, 6.07) is 4.89. The maximum absolute atomic E-state index is 12.6. The van der Waals surface area contributed by atoms with Gasteiger partial charge in [-0.3, -0.25) is 0 Å². The molecule has 0 fully saturated rings. The SMILES string of the molecule is Cc1ccc(OCC(F)(F)C(F)F)c(C)c1. The highest BCUT2D eigenvalue weighted by molar-refractivity contribution is 5.35. The zero-order chi connectivity index (χ0) is 12.3. The molecule has 0 bridgehead atoms. The third-order valence-corrected chi connectivity index (χ3v) is 2.07. The molecule has 90 valence electrons. The van der Waals surface area contributed by atoms with E-state index in [0.717, 1.165) is 5.56 Å². The number of hydrogen-bond donors (Lipinski definition) is 0. The summed E-state index contributed by atoms with van der Waals surface area (Å²) >= 11 is 0. The summed E-state index contributed by atoms with van der Waals surface area (Å²) < 4.78 is 53.5. The fraction of sp³-hybridized carbons (Fsp3) is 0.455. The van der Waals surface area contributed by atoms with Crippen LogP contribution in [0.25, 0.3) is 0 Å². The number of rotatable bonds is 4. The van der Waals surface area contributed by atoms with Crippen LogP contribution < -0.4 is 4.74 Å². The minimum Gasteiger partial charge on any atom is -0.487 e. The van der Waals surface area contributed by atoms with Gasteiger partial charge in [-0.15, -0.1) is 0 Å². The van der Waals surface area contributed by atoms with Gasteiger partial charge in [0.2, 0.25) is 0 Å². The van der Waals surface area contributed by atoms with E-state index in [4.69, 9.17) is 0 Å². The monoisotopic (exact) mass is 236 g/mol. The van der Waals surface area contributed by atoms with E-state index in [1.54, 1.807) is 19.1 Å². The number of hydrogen-bond acceptors (Lipinski definition) is 1. The second-order valence-corrected chi connectivity index (χ2v) is 3.62. The largest absolute Gasteiger partial charge is 0.487 e. The Labute approximate surface area is 91.0 Å². The van der Waals surface area contributed by atoms with E-state index in [1.807, 2.05) is 6.92 Å². The van der Waals surface area contributed by atoms with Crippen molar-refractivity contribution in [2.45, 2.75) is 26.2 Å². The Kier molecular flexibility index (Phi) is 3.78. The predicted octanol–water partition coefficient (Wildman–Crippen LogP) is 3.58. The normalized spacial score (nSPS) is 11.9. The molecule has 0 aliphatic carbocycles. The maximum atomic E-state index is 12.6. The molecule has 0 atom stereocenters. The van der Waals surface area contributed by atoms with Gasteiger partial charge in [-0.2, -0.15) is 8.78 Å². The molecule has 16 heavy (non-hydrogen) atoms. The van der Waals surface area contributed by atoms with Gasteiger partial charge in [-0.25, -0.2) is 8.78 Å². The van der Waals surface area contributed by atoms with Crippen LogP contribution in [0.1, 0.15) is 11.1 Å². The maximum Gasteiger partial charge on any atom is 0.340 e. The van der Waals surface area contributed by atoms with Gasteiger partial charge in [-0.05, 0) is 25.5 Å². The summed E-state index contributed by atoms with van der Waals surface area (Å²) in [7, 11) is 0. The van der Waals surface area contributed by atoms with Crippen molar-refractivity contribution in [2.24, 2.45) is 0 Å². The third kappa shape index (κ3) is 3.12. The van der Waals surface area contributed by atoms with Crippen LogP contribution >= 0.6 is 0 Å². The van der Waals surface area contributed by atoms with Crippen LogP contribution in [0.15, 0.2) is 18.2 Å². The quantitative estimate of drug-likeness (QED) is 0.726. The molecule has 0 N–H and O–H groups in total. The molecule has 0 heterocycles. The molecule has 1 aromatic rings. The Morgan fingerprint density at radius 3 is 2.38 bits per heavy atom. The number of halogens is 4. The van der Waals surface area contributed by atoms with E-state index in [2.05, 4.69) is 4.74 Å². The standard InChI is InChI=1S/C11H12F4O/c1-7-3-4-9(8(2)5-7)16-6-11(14,15)10(12)13/h3-5,10H,6H2,1-2H3. The van der Waals surface area contributed by atoms with Crippen LogP contribution in [0.4, 0.5) is 17.6 Å². The molecule has 1 rings (SSSR count). The van der Waals surface area contributed by atoms with E-state index in [-0.39, 0.29) is 5.75 Å². The van der Waals surface area contributed by atoms with Crippen LogP contribution in [-0.4, -0.2) is 19.0 Å². The summed E-state index contributed by atoms with van der Waals surface area (Å²) in [6.45, 7) is 2.20. The molecule has 1 aromatic carbocycles. The highest BCUT2D eigenvalue weighted by atomic mass is 19.3. The average molecular weight is 236 g/mol. The summed E-state index contributed by atoms with van der Waals surface area (Å²) in [5.74, 6) is -3.91. The second kappa shape index (κ2) is 4.72. The first-order chi connectivity index (χ1) is 7.33. The van der Waals surface area contributed by atoms with E-state index >= 15 is 0 Å². The topological polar surface area (TPSA) is 9.23 Å². The van der Waals surface area contributed by atoms with E-state index < -0.39 is 19.0 Å². The Morgan fingerprint density at radius 2 is 1.88 bits per heavy atom. The van der Waals surface area contributed by atoms with Gasteiger partial charge >= 0.3 is 12.3 Å². The summed E-state index contributed by atoms with van der Waals surface area (Å²) in [5.41, 5.74) is 1.59. The number of ether oxygens (including phenoxy) is 1. The summed E-state index contributed by atoms with van der Waals surface area (Å²) in [6.07, 6.45) is -3.71. The minimum absolute atomic E-state index is 0.200. The lowest BCUT2D eigenvalue weighted by molar-refractivity contribution is -0.148. The molecule has 0 aromatic heterocycles. The first kappa shape index (κ1) is 12.8. The molecular weight excluding hydrogens is 224 g/mol. The lowest BCUT2D eigenvalue weighted by Gasteiger charge is -2.17. The van der Waals surface area contributed by atoms with Crippen molar-refractivity contribution in [3.05, 3.63) is 29.3 Å². The Morgan fingerprint density at radius 1 is 1.25 bits per heavy atom. The number of aryl methyl sites for hydroxylation is 2. The second-order valence-electron chi connectivity index (χ2n) is 3.62. The number of alkyl halides is 4. The van der Waals surface area contributed by atoms with Gasteiger partial charge in [0.05, 0.1) is 0 Å². The third-order valence-electron chi connectivity index (χ3n) is 2.07. The van der Waals surface area contributed by atoms with Crippen molar-refractivity contribution < 1.29 is 22.3 Å². The molecule has 0 aliphatic rings. The van der Waals surface area contributed by atoms with Crippen molar-refractivity contribution in [2.75, 3.05) is 6.61 Å². The van der Waals surface area contributed by atoms with Crippen molar-refractivity contribution in [1.82, 2.24) is 0 Å². The molecule has 0 unspecified atom stereocenters. The highest BCUT2D eigenvalue weighted by Crippen LogP contribution is 2.26. The number of benzene rings is 1. The molecule has 1 nitrogen and oxygen atoms in total. The van der Waals surface area contributed by atoms with E-state index in [9.17, 15) is 17.6 Å². The fourth-order valence-electron chi connectivity index (χ4n) is 1.20.